The third kappa shape index (κ3) is 5.41. The Labute approximate surface area is 171 Å². The monoisotopic (exact) mass is 392 g/mol. The third-order valence-corrected chi connectivity index (χ3v) is 5.21. The number of morpholine rings is 1. The highest BCUT2D eigenvalue weighted by molar-refractivity contribution is 5.95. The Morgan fingerprint density at radius 1 is 1.14 bits per heavy atom. The fourth-order valence-corrected chi connectivity index (χ4v) is 3.61. The molecule has 152 valence electrons. The Morgan fingerprint density at radius 3 is 2.79 bits per heavy atom. The molecule has 0 spiro atoms. The zero-order valence-corrected chi connectivity index (χ0v) is 16.6. The van der Waals surface area contributed by atoms with Crippen LogP contribution >= 0.6 is 0 Å². The van der Waals surface area contributed by atoms with E-state index >= 15 is 0 Å². The predicted octanol–water partition coefficient (Wildman–Crippen LogP) is 2.40. The highest BCUT2D eigenvalue weighted by Gasteiger charge is 2.24. The second-order valence-electron chi connectivity index (χ2n) is 7.43. The summed E-state index contributed by atoms with van der Waals surface area (Å²) in [5.74, 6) is 0.660. The number of hydrogen-bond donors (Lipinski definition) is 3. The number of ether oxygens (including phenoxy) is 1. The highest BCUT2D eigenvalue weighted by atomic mass is 16.5. The van der Waals surface area contributed by atoms with Gasteiger partial charge in [0.15, 0.2) is 0 Å². The van der Waals surface area contributed by atoms with Gasteiger partial charge in [0.05, 0.1) is 13.2 Å². The topological polar surface area (TPSA) is 87.8 Å². The lowest BCUT2D eigenvalue weighted by Gasteiger charge is -2.30. The lowest BCUT2D eigenvalue weighted by molar-refractivity contribution is 0.0367. The van der Waals surface area contributed by atoms with E-state index < -0.39 is 5.66 Å². The molecule has 4 rings (SSSR count). The Balaban J connectivity index is 1.38. The van der Waals surface area contributed by atoms with Crippen LogP contribution in [0.3, 0.4) is 0 Å². The van der Waals surface area contributed by atoms with Gasteiger partial charge in [-0.1, -0.05) is 12.1 Å². The number of nitrogens with zero attached hydrogens (tertiary/aromatic N) is 3. The number of nitrogens with two attached hydrogens (primary N) is 1. The van der Waals surface area contributed by atoms with E-state index in [9.17, 15) is 0 Å². The number of rotatable bonds is 6. The molecule has 1 unspecified atom stereocenters. The summed E-state index contributed by atoms with van der Waals surface area (Å²) < 4.78 is 5.40. The molecule has 1 saturated heterocycles. The van der Waals surface area contributed by atoms with E-state index in [1.54, 1.807) is 12.4 Å². The van der Waals surface area contributed by atoms with Crippen LogP contribution in [0.1, 0.15) is 12.8 Å². The van der Waals surface area contributed by atoms with Crippen LogP contribution in [0.4, 0.5) is 5.69 Å². The predicted molar refractivity (Wildman–Crippen MR) is 116 cm³/mol. The number of aliphatic imine (C=N–C) groups is 1. The van der Waals surface area contributed by atoms with Crippen LogP contribution in [0.2, 0.25) is 0 Å². The van der Waals surface area contributed by atoms with Crippen molar-refractivity contribution in [1.29, 1.82) is 0 Å². The molecule has 0 saturated carbocycles. The Morgan fingerprint density at radius 2 is 1.97 bits per heavy atom. The SMILES string of the molecule is NC1(CCCN2CCOCC2)C=CNC(Nc2cccc(-c3ccncc3)c2)=N1. The number of pyridine rings is 1. The van der Waals surface area contributed by atoms with Crippen molar-refractivity contribution >= 4 is 11.6 Å². The Bertz CT molecular complexity index is 863. The highest BCUT2D eigenvalue weighted by Crippen LogP contribution is 2.23. The molecule has 0 amide bonds. The minimum Gasteiger partial charge on any atom is -0.379 e. The maximum atomic E-state index is 6.54. The van der Waals surface area contributed by atoms with Crippen LogP contribution in [0.5, 0.6) is 0 Å². The fraction of sp³-hybridized carbons (Fsp3) is 0.364. The van der Waals surface area contributed by atoms with E-state index in [0.29, 0.717) is 5.96 Å². The van der Waals surface area contributed by atoms with Crippen LogP contribution in [0.25, 0.3) is 11.1 Å². The van der Waals surface area contributed by atoms with Gasteiger partial charge in [-0.15, -0.1) is 0 Å². The lowest BCUT2D eigenvalue weighted by Crippen LogP contribution is -2.44. The first-order valence-electron chi connectivity index (χ1n) is 10.1. The number of nitrogens with one attached hydrogen (secondary N) is 2. The average Bonchev–Trinajstić information content (AvgIpc) is 2.75. The van der Waals surface area contributed by atoms with Crippen molar-refractivity contribution in [3.8, 4) is 11.1 Å². The van der Waals surface area contributed by atoms with Gasteiger partial charge in [-0.05, 0) is 60.9 Å². The summed E-state index contributed by atoms with van der Waals surface area (Å²) in [5, 5.41) is 6.51. The minimum atomic E-state index is -0.692. The lowest BCUT2D eigenvalue weighted by atomic mass is 10.0. The molecule has 2 aromatic rings. The summed E-state index contributed by atoms with van der Waals surface area (Å²) in [6, 6.07) is 12.2. The number of hydrogen-bond acceptors (Lipinski definition) is 7. The third-order valence-electron chi connectivity index (χ3n) is 5.21. The first kappa shape index (κ1) is 19.6. The van der Waals surface area contributed by atoms with Gasteiger partial charge in [-0.2, -0.15) is 0 Å². The van der Waals surface area contributed by atoms with E-state index in [1.807, 2.05) is 36.5 Å². The molecule has 2 aliphatic rings. The van der Waals surface area contributed by atoms with Crippen LogP contribution in [-0.2, 0) is 4.74 Å². The van der Waals surface area contributed by atoms with Crippen molar-refractivity contribution in [3.05, 3.63) is 61.1 Å². The van der Waals surface area contributed by atoms with Gasteiger partial charge in [-0.3, -0.25) is 9.88 Å². The zero-order valence-electron chi connectivity index (χ0n) is 16.6. The zero-order chi connectivity index (χ0) is 19.9. The molecule has 4 N–H and O–H groups in total. The van der Waals surface area contributed by atoms with Crippen molar-refractivity contribution < 1.29 is 4.74 Å². The quantitative estimate of drug-likeness (QED) is 0.700. The molecule has 2 aliphatic heterocycles. The maximum Gasteiger partial charge on any atom is 0.202 e. The van der Waals surface area contributed by atoms with E-state index in [1.165, 1.54) is 0 Å². The molecule has 7 heteroatoms. The number of benzene rings is 1. The Kier molecular flexibility index (Phi) is 6.19. The molecule has 0 bridgehead atoms. The summed E-state index contributed by atoms with van der Waals surface area (Å²) in [7, 11) is 0. The summed E-state index contributed by atoms with van der Waals surface area (Å²) in [5.41, 5.74) is 9.04. The number of anilines is 1. The van der Waals surface area contributed by atoms with E-state index in [2.05, 4.69) is 32.7 Å². The van der Waals surface area contributed by atoms with Gasteiger partial charge in [0, 0.05) is 37.4 Å². The van der Waals surface area contributed by atoms with Crippen LogP contribution in [0, 0.1) is 0 Å². The molecule has 0 aliphatic carbocycles. The Hall–Kier alpha value is -2.74. The smallest absolute Gasteiger partial charge is 0.202 e. The fourth-order valence-electron chi connectivity index (χ4n) is 3.61. The van der Waals surface area contributed by atoms with Crippen LogP contribution in [0.15, 0.2) is 66.1 Å². The molecule has 1 atom stereocenters. The molecule has 1 fully saturated rings. The van der Waals surface area contributed by atoms with Crippen molar-refractivity contribution in [3.63, 3.8) is 0 Å². The minimum absolute atomic E-state index is 0.660. The normalized spacial score (nSPS) is 22.0. The molecular formula is C22H28N6O. The number of guanidine groups is 1. The first-order chi connectivity index (χ1) is 14.2. The molecule has 0 radical (unpaired) electrons. The second kappa shape index (κ2) is 9.17. The van der Waals surface area contributed by atoms with Gasteiger partial charge in [-0.25, -0.2) is 4.99 Å². The molecule has 3 heterocycles. The summed E-state index contributed by atoms with van der Waals surface area (Å²) in [4.78, 5) is 11.2. The van der Waals surface area contributed by atoms with Gasteiger partial charge >= 0.3 is 0 Å². The van der Waals surface area contributed by atoms with Gasteiger partial charge in [0.2, 0.25) is 5.96 Å². The summed E-state index contributed by atoms with van der Waals surface area (Å²) >= 11 is 0. The average molecular weight is 393 g/mol. The van der Waals surface area contributed by atoms with E-state index in [4.69, 9.17) is 15.5 Å². The van der Waals surface area contributed by atoms with Crippen molar-refractivity contribution in [1.82, 2.24) is 15.2 Å². The maximum absolute atomic E-state index is 6.54. The molecule has 7 nitrogen and oxygen atoms in total. The van der Waals surface area contributed by atoms with Crippen molar-refractivity contribution in [2.24, 2.45) is 10.7 Å². The molecule has 1 aromatic heterocycles. The van der Waals surface area contributed by atoms with Gasteiger partial charge in [0.25, 0.3) is 0 Å². The number of aromatic nitrogens is 1. The summed E-state index contributed by atoms with van der Waals surface area (Å²) in [6.45, 7) is 4.66. The standard InChI is InChI=1S/C22H28N6O/c23-22(7-2-12-28-13-15-29-16-14-28)8-11-25-21(27-22)26-20-4-1-3-19(17-20)18-5-9-24-10-6-18/h1,3-6,8-11,17H,2,7,12-16,23H2,(H2,25,26,27). The van der Waals surface area contributed by atoms with Gasteiger partial charge in [0.1, 0.15) is 5.66 Å². The molecular weight excluding hydrogens is 364 g/mol. The van der Waals surface area contributed by atoms with E-state index in [-0.39, 0.29) is 0 Å². The molecule has 29 heavy (non-hydrogen) atoms. The van der Waals surface area contributed by atoms with Gasteiger partial charge < -0.3 is 21.1 Å². The largest absolute Gasteiger partial charge is 0.379 e. The van der Waals surface area contributed by atoms with E-state index in [0.717, 1.165) is 62.5 Å². The van der Waals surface area contributed by atoms with Crippen LogP contribution < -0.4 is 16.4 Å². The van der Waals surface area contributed by atoms with Crippen LogP contribution in [-0.4, -0.2) is 54.4 Å². The summed E-state index contributed by atoms with van der Waals surface area (Å²) in [6.07, 6.45) is 9.20. The van der Waals surface area contributed by atoms with Crippen molar-refractivity contribution in [2.45, 2.75) is 18.5 Å². The van der Waals surface area contributed by atoms with Crippen molar-refractivity contribution in [2.75, 3.05) is 38.2 Å². The second-order valence-corrected chi connectivity index (χ2v) is 7.43. The first-order valence-corrected chi connectivity index (χ1v) is 10.1. The molecule has 1 aromatic carbocycles.